The Bertz CT molecular complexity index is 440. The van der Waals surface area contributed by atoms with Crippen molar-refractivity contribution in [2.75, 3.05) is 0 Å². The Balaban J connectivity index is 3.63. The molecule has 1 aromatic rings. The van der Waals surface area contributed by atoms with E-state index in [4.69, 9.17) is 10.5 Å². The molecule has 0 fully saturated rings. The van der Waals surface area contributed by atoms with E-state index in [0.717, 1.165) is 6.07 Å². The van der Waals surface area contributed by atoms with Gasteiger partial charge in [0.2, 0.25) is 0 Å². The van der Waals surface area contributed by atoms with E-state index in [1.165, 1.54) is 6.07 Å². The Labute approximate surface area is 71.4 Å². The van der Waals surface area contributed by atoms with Gasteiger partial charge in [-0.15, -0.1) is 0 Å². The fraction of sp³-hybridized carbons (Fsp3) is 0. The number of hydrogen-bond acceptors (Lipinski definition) is 2. The van der Waals surface area contributed by atoms with Gasteiger partial charge in [0, 0.05) is 0 Å². The molecule has 2 nitrogen and oxygen atoms in total. The number of benzene rings is 1. The van der Waals surface area contributed by atoms with E-state index >= 15 is 0 Å². The molecule has 0 saturated carbocycles. The molecule has 0 amide bonds. The first kappa shape index (κ1) is 9.08. The predicted octanol–water partition coefficient (Wildman–Crippen LogP) is 1.85. The van der Waals surface area contributed by atoms with Gasteiger partial charge in [0.15, 0.2) is 17.5 Å². The number of nitrogens with zero attached hydrogens (tertiary/aromatic N) is 2. The van der Waals surface area contributed by atoms with Gasteiger partial charge in [-0.05, 0) is 6.07 Å². The molecule has 0 spiro atoms. The molecule has 0 aliphatic rings. The van der Waals surface area contributed by atoms with Crippen molar-refractivity contribution in [1.29, 1.82) is 10.5 Å². The summed E-state index contributed by atoms with van der Waals surface area (Å²) < 4.78 is 38.0. The van der Waals surface area contributed by atoms with Crippen LogP contribution >= 0.6 is 0 Å². The SMILES string of the molecule is N#Cc1cc(F)c(F)c(C#N)c1F. The molecule has 0 aliphatic heterocycles. The van der Waals surface area contributed by atoms with Crippen LogP contribution in [0.3, 0.4) is 0 Å². The van der Waals surface area contributed by atoms with Crippen LogP contribution in [0.15, 0.2) is 6.07 Å². The maximum Gasteiger partial charge on any atom is 0.179 e. The first-order chi connectivity index (χ1) is 6.11. The van der Waals surface area contributed by atoms with E-state index in [-0.39, 0.29) is 0 Å². The topological polar surface area (TPSA) is 47.6 Å². The monoisotopic (exact) mass is 182 g/mol. The minimum Gasteiger partial charge on any atom is -0.204 e. The molecule has 1 rings (SSSR count). The van der Waals surface area contributed by atoms with Crippen molar-refractivity contribution < 1.29 is 13.2 Å². The molecule has 0 atom stereocenters. The first-order valence-electron chi connectivity index (χ1n) is 3.09. The fourth-order valence-electron chi connectivity index (χ4n) is 0.783. The molecule has 0 radical (unpaired) electrons. The van der Waals surface area contributed by atoms with Crippen LogP contribution in [0.4, 0.5) is 13.2 Å². The highest BCUT2D eigenvalue weighted by Crippen LogP contribution is 2.18. The van der Waals surface area contributed by atoms with Gasteiger partial charge in [-0.25, -0.2) is 13.2 Å². The van der Waals surface area contributed by atoms with Crippen LogP contribution < -0.4 is 0 Å². The first-order valence-corrected chi connectivity index (χ1v) is 3.09. The van der Waals surface area contributed by atoms with Crippen LogP contribution in [0, 0.1) is 40.1 Å². The molecule has 0 saturated heterocycles. The summed E-state index contributed by atoms with van der Waals surface area (Å²) in [6, 6.07) is 2.85. The third kappa shape index (κ3) is 1.32. The summed E-state index contributed by atoms with van der Waals surface area (Å²) in [5, 5.41) is 16.5. The van der Waals surface area contributed by atoms with E-state index < -0.39 is 28.6 Å². The number of hydrogen-bond donors (Lipinski definition) is 0. The van der Waals surface area contributed by atoms with Gasteiger partial charge in [0.25, 0.3) is 0 Å². The summed E-state index contributed by atoms with van der Waals surface area (Å²) >= 11 is 0. The smallest absolute Gasteiger partial charge is 0.179 e. The predicted molar refractivity (Wildman–Crippen MR) is 35.7 cm³/mol. The summed E-state index contributed by atoms with van der Waals surface area (Å²) in [4.78, 5) is 0. The van der Waals surface area contributed by atoms with Crippen LogP contribution in [-0.2, 0) is 0 Å². The second kappa shape index (κ2) is 3.16. The molecule has 13 heavy (non-hydrogen) atoms. The zero-order valence-electron chi connectivity index (χ0n) is 6.11. The minimum atomic E-state index is -1.57. The summed E-state index contributed by atoms with van der Waals surface area (Å²) in [5.74, 6) is -4.31. The second-order valence-corrected chi connectivity index (χ2v) is 2.13. The van der Waals surface area contributed by atoms with E-state index in [1.807, 2.05) is 0 Å². The summed E-state index contributed by atoms with van der Waals surface area (Å²) in [5.41, 5.74) is -1.76. The van der Waals surface area contributed by atoms with Crippen molar-refractivity contribution >= 4 is 0 Å². The summed E-state index contributed by atoms with van der Waals surface area (Å²) in [6.07, 6.45) is 0. The van der Waals surface area contributed by atoms with Crippen molar-refractivity contribution in [3.8, 4) is 12.1 Å². The van der Waals surface area contributed by atoms with Crippen LogP contribution in [0.5, 0.6) is 0 Å². The molecule has 1 aromatic carbocycles. The number of nitriles is 2. The largest absolute Gasteiger partial charge is 0.204 e. The molecule has 0 bridgehead atoms. The average molecular weight is 182 g/mol. The normalized spacial score (nSPS) is 9.00. The molecule has 0 aromatic heterocycles. The quantitative estimate of drug-likeness (QED) is 0.574. The lowest BCUT2D eigenvalue weighted by Crippen LogP contribution is -1.98. The van der Waals surface area contributed by atoms with E-state index in [2.05, 4.69) is 0 Å². The Hall–Kier alpha value is -2.01. The maximum atomic E-state index is 12.9. The highest BCUT2D eigenvalue weighted by molar-refractivity contribution is 5.42. The number of rotatable bonds is 0. The van der Waals surface area contributed by atoms with Crippen molar-refractivity contribution in [3.05, 3.63) is 34.6 Å². The van der Waals surface area contributed by atoms with Crippen LogP contribution in [0.1, 0.15) is 11.1 Å². The highest BCUT2D eigenvalue weighted by Gasteiger charge is 2.17. The van der Waals surface area contributed by atoms with Crippen molar-refractivity contribution in [2.45, 2.75) is 0 Å². The Morgan fingerprint density at radius 3 is 2.08 bits per heavy atom. The van der Waals surface area contributed by atoms with Gasteiger partial charge < -0.3 is 0 Å². The molecule has 0 aliphatic carbocycles. The van der Waals surface area contributed by atoms with Gasteiger partial charge in [0.05, 0.1) is 5.56 Å². The Morgan fingerprint density at radius 1 is 1.00 bits per heavy atom. The standard InChI is InChI=1S/C8HF3N2/c9-6-1-4(2-12)7(10)5(3-13)8(6)11/h1H. The molecule has 0 heterocycles. The van der Waals surface area contributed by atoms with E-state index in [1.54, 1.807) is 0 Å². The Morgan fingerprint density at radius 2 is 1.62 bits per heavy atom. The van der Waals surface area contributed by atoms with Crippen LogP contribution in [-0.4, -0.2) is 0 Å². The van der Waals surface area contributed by atoms with E-state index in [0.29, 0.717) is 6.07 Å². The van der Waals surface area contributed by atoms with Gasteiger partial charge in [-0.1, -0.05) is 0 Å². The van der Waals surface area contributed by atoms with Crippen molar-refractivity contribution in [1.82, 2.24) is 0 Å². The molecular formula is C8HF3N2. The Kier molecular flexibility index (Phi) is 2.21. The lowest BCUT2D eigenvalue weighted by molar-refractivity contribution is 0.490. The lowest BCUT2D eigenvalue weighted by Gasteiger charge is -1.98. The van der Waals surface area contributed by atoms with Gasteiger partial charge in [-0.2, -0.15) is 10.5 Å². The molecule has 0 N–H and O–H groups in total. The van der Waals surface area contributed by atoms with Crippen molar-refractivity contribution in [2.24, 2.45) is 0 Å². The summed E-state index contributed by atoms with van der Waals surface area (Å²) in [7, 11) is 0. The third-order valence-electron chi connectivity index (χ3n) is 1.39. The van der Waals surface area contributed by atoms with Gasteiger partial charge in [-0.3, -0.25) is 0 Å². The molecule has 0 unspecified atom stereocenters. The molecular weight excluding hydrogens is 181 g/mol. The second-order valence-electron chi connectivity index (χ2n) is 2.13. The fourth-order valence-corrected chi connectivity index (χ4v) is 0.783. The van der Waals surface area contributed by atoms with Gasteiger partial charge >= 0.3 is 0 Å². The van der Waals surface area contributed by atoms with E-state index in [9.17, 15) is 13.2 Å². The third-order valence-corrected chi connectivity index (χ3v) is 1.39. The minimum absolute atomic E-state index is 0.408. The highest BCUT2D eigenvalue weighted by atomic mass is 19.2. The van der Waals surface area contributed by atoms with Crippen LogP contribution in [0.2, 0.25) is 0 Å². The maximum absolute atomic E-state index is 12.9. The van der Waals surface area contributed by atoms with Crippen LogP contribution in [0.25, 0.3) is 0 Å². The van der Waals surface area contributed by atoms with Crippen molar-refractivity contribution in [3.63, 3.8) is 0 Å². The number of halogens is 3. The average Bonchev–Trinajstić information content (AvgIpc) is 2.12. The zero-order valence-corrected chi connectivity index (χ0v) is 6.11. The molecule has 5 heteroatoms. The lowest BCUT2D eigenvalue weighted by atomic mass is 10.1. The zero-order chi connectivity index (χ0) is 10.0. The molecule has 64 valence electrons. The summed E-state index contributed by atoms with van der Waals surface area (Å²) in [6.45, 7) is 0. The van der Waals surface area contributed by atoms with Gasteiger partial charge in [0.1, 0.15) is 17.7 Å².